The summed E-state index contributed by atoms with van der Waals surface area (Å²) in [6, 6.07) is 13.0. The first-order chi connectivity index (χ1) is 10.6. The molecule has 0 aromatic heterocycles. The van der Waals surface area contributed by atoms with Gasteiger partial charge in [0.15, 0.2) is 0 Å². The first-order valence-corrected chi connectivity index (χ1v) is 7.88. The van der Waals surface area contributed by atoms with Crippen LogP contribution in [0, 0.1) is 0 Å². The molecule has 114 valence electrons. The average Bonchev–Trinajstić information content (AvgIpc) is 2.56. The number of primary amides is 1. The van der Waals surface area contributed by atoms with Crippen molar-refractivity contribution in [1.29, 1.82) is 0 Å². The molecule has 3 heteroatoms. The van der Waals surface area contributed by atoms with Gasteiger partial charge in [0.05, 0.1) is 0 Å². The van der Waals surface area contributed by atoms with Crippen molar-refractivity contribution < 1.29 is 9.90 Å². The number of phenolic OH excluding ortho intramolecular Hbond substituents is 1. The predicted molar refractivity (Wildman–Crippen MR) is 87.9 cm³/mol. The molecule has 1 amide bonds. The van der Waals surface area contributed by atoms with Crippen LogP contribution in [0.5, 0.6) is 5.75 Å². The molecule has 0 atom stereocenters. The van der Waals surface area contributed by atoms with Gasteiger partial charge in [-0.3, -0.25) is 4.79 Å². The Morgan fingerprint density at radius 2 is 1.82 bits per heavy atom. The van der Waals surface area contributed by atoms with Gasteiger partial charge in [0.1, 0.15) is 5.75 Å². The Kier molecular flexibility index (Phi) is 4.14. The number of nitrogens with two attached hydrogens (primary N) is 1. The van der Waals surface area contributed by atoms with E-state index < -0.39 is 5.91 Å². The van der Waals surface area contributed by atoms with E-state index in [4.69, 9.17) is 5.73 Å². The number of hydrogen-bond donors (Lipinski definition) is 2. The Morgan fingerprint density at radius 3 is 2.55 bits per heavy atom. The largest absolute Gasteiger partial charge is 0.507 e. The zero-order chi connectivity index (χ0) is 15.5. The fourth-order valence-corrected chi connectivity index (χ4v) is 3.31. The minimum absolute atomic E-state index is 0.237. The maximum atomic E-state index is 11.3. The second-order valence-electron chi connectivity index (χ2n) is 6.06. The first-order valence-electron chi connectivity index (χ1n) is 7.88. The lowest BCUT2D eigenvalue weighted by molar-refractivity contribution is 0.100. The van der Waals surface area contributed by atoms with Crippen LogP contribution >= 0.6 is 0 Å². The monoisotopic (exact) mass is 295 g/mol. The quantitative estimate of drug-likeness (QED) is 0.891. The van der Waals surface area contributed by atoms with Crippen LogP contribution in [0.2, 0.25) is 0 Å². The molecule has 0 aliphatic heterocycles. The number of benzene rings is 2. The summed E-state index contributed by atoms with van der Waals surface area (Å²) < 4.78 is 0. The van der Waals surface area contributed by atoms with Crippen molar-refractivity contribution in [3.05, 3.63) is 53.6 Å². The summed E-state index contributed by atoms with van der Waals surface area (Å²) in [5, 5.41) is 10.2. The lowest BCUT2D eigenvalue weighted by Crippen LogP contribution is -2.10. The molecule has 22 heavy (non-hydrogen) atoms. The van der Waals surface area contributed by atoms with E-state index in [0.29, 0.717) is 11.5 Å². The van der Waals surface area contributed by atoms with E-state index in [1.165, 1.54) is 37.7 Å². The van der Waals surface area contributed by atoms with E-state index in [9.17, 15) is 9.90 Å². The number of hydrogen-bond acceptors (Lipinski definition) is 2. The van der Waals surface area contributed by atoms with Crippen molar-refractivity contribution >= 4 is 5.91 Å². The number of rotatable bonds is 3. The first kappa shape index (κ1) is 14.6. The molecular formula is C19H21NO2. The fourth-order valence-electron chi connectivity index (χ4n) is 3.31. The molecule has 0 saturated heterocycles. The third-order valence-electron chi connectivity index (χ3n) is 4.56. The lowest BCUT2D eigenvalue weighted by atomic mass is 9.83. The molecule has 1 aliphatic rings. The summed E-state index contributed by atoms with van der Waals surface area (Å²) >= 11 is 0. The minimum Gasteiger partial charge on any atom is -0.507 e. The Hall–Kier alpha value is -2.29. The smallest absolute Gasteiger partial charge is 0.248 e. The maximum Gasteiger partial charge on any atom is 0.248 e. The summed E-state index contributed by atoms with van der Waals surface area (Å²) in [6.07, 6.45) is 6.30. The number of aromatic hydroxyl groups is 1. The molecule has 1 saturated carbocycles. The number of carbonyl (C=O) groups is 1. The minimum atomic E-state index is -0.454. The van der Waals surface area contributed by atoms with Crippen molar-refractivity contribution in [2.24, 2.45) is 5.73 Å². The molecule has 0 unspecified atom stereocenters. The van der Waals surface area contributed by atoms with Crippen LogP contribution in [-0.2, 0) is 0 Å². The summed E-state index contributed by atoms with van der Waals surface area (Å²) in [4.78, 5) is 11.3. The molecule has 2 aromatic rings. The van der Waals surface area contributed by atoms with Crippen molar-refractivity contribution in [2.45, 2.75) is 38.0 Å². The van der Waals surface area contributed by atoms with Crippen LogP contribution in [0.4, 0.5) is 0 Å². The fraction of sp³-hybridized carbons (Fsp3) is 0.316. The molecule has 1 fully saturated rings. The van der Waals surface area contributed by atoms with E-state index in [-0.39, 0.29) is 5.75 Å². The highest BCUT2D eigenvalue weighted by Gasteiger charge is 2.17. The normalized spacial score (nSPS) is 15.6. The molecule has 2 aromatic carbocycles. The number of phenols is 1. The molecule has 1 aliphatic carbocycles. The molecule has 3 rings (SSSR count). The summed E-state index contributed by atoms with van der Waals surface area (Å²) in [7, 11) is 0. The Balaban J connectivity index is 1.99. The van der Waals surface area contributed by atoms with Gasteiger partial charge in [-0.05, 0) is 54.2 Å². The zero-order valence-electron chi connectivity index (χ0n) is 12.6. The maximum absolute atomic E-state index is 11.3. The topological polar surface area (TPSA) is 63.3 Å². The second kappa shape index (κ2) is 6.22. The number of carbonyl (C=O) groups excluding carboxylic acids is 1. The van der Waals surface area contributed by atoms with Gasteiger partial charge in [0, 0.05) is 11.1 Å². The van der Waals surface area contributed by atoms with Gasteiger partial charge >= 0.3 is 0 Å². The standard InChI is InChI=1S/C19H21NO2/c20-19(22)16-8-4-7-15(11-16)17-12-14(9-10-18(17)21)13-5-2-1-3-6-13/h4,7-13,21H,1-3,5-6H2,(H2,20,22). The molecule has 0 radical (unpaired) electrons. The van der Waals surface area contributed by atoms with Gasteiger partial charge in [-0.15, -0.1) is 0 Å². The summed E-state index contributed by atoms with van der Waals surface area (Å²) in [5.74, 6) is 0.360. The van der Waals surface area contributed by atoms with Gasteiger partial charge in [0.25, 0.3) is 0 Å². The van der Waals surface area contributed by atoms with E-state index >= 15 is 0 Å². The predicted octanol–water partition coefficient (Wildman–Crippen LogP) is 4.21. The molecular weight excluding hydrogens is 274 g/mol. The second-order valence-corrected chi connectivity index (χ2v) is 6.06. The Morgan fingerprint density at radius 1 is 1.05 bits per heavy atom. The van der Waals surface area contributed by atoms with E-state index in [0.717, 1.165) is 11.1 Å². The van der Waals surface area contributed by atoms with Crippen molar-refractivity contribution in [1.82, 2.24) is 0 Å². The van der Waals surface area contributed by atoms with Crippen molar-refractivity contribution in [3.8, 4) is 16.9 Å². The molecule has 0 spiro atoms. The molecule has 3 N–H and O–H groups in total. The third-order valence-corrected chi connectivity index (χ3v) is 4.56. The van der Waals surface area contributed by atoms with E-state index in [1.54, 1.807) is 24.3 Å². The van der Waals surface area contributed by atoms with Crippen LogP contribution in [0.1, 0.15) is 53.9 Å². The van der Waals surface area contributed by atoms with Gasteiger partial charge in [0.2, 0.25) is 5.91 Å². The summed E-state index contributed by atoms with van der Waals surface area (Å²) in [5.41, 5.74) is 8.67. The third kappa shape index (κ3) is 2.98. The molecule has 0 bridgehead atoms. The van der Waals surface area contributed by atoms with Crippen molar-refractivity contribution in [2.75, 3.05) is 0 Å². The van der Waals surface area contributed by atoms with Crippen LogP contribution in [0.3, 0.4) is 0 Å². The average molecular weight is 295 g/mol. The van der Waals surface area contributed by atoms with Crippen LogP contribution < -0.4 is 5.73 Å². The van der Waals surface area contributed by atoms with Crippen LogP contribution in [0.15, 0.2) is 42.5 Å². The SMILES string of the molecule is NC(=O)c1cccc(-c2cc(C3CCCCC3)ccc2O)c1. The van der Waals surface area contributed by atoms with Gasteiger partial charge in [-0.2, -0.15) is 0 Å². The molecule has 3 nitrogen and oxygen atoms in total. The highest BCUT2D eigenvalue weighted by molar-refractivity contribution is 5.94. The van der Waals surface area contributed by atoms with E-state index in [2.05, 4.69) is 6.07 Å². The summed E-state index contributed by atoms with van der Waals surface area (Å²) in [6.45, 7) is 0. The highest BCUT2D eigenvalue weighted by atomic mass is 16.3. The zero-order valence-corrected chi connectivity index (χ0v) is 12.6. The van der Waals surface area contributed by atoms with Crippen molar-refractivity contribution in [3.63, 3.8) is 0 Å². The van der Waals surface area contributed by atoms with Gasteiger partial charge in [-0.25, -0.2) is 0 Å². The number of amides is 1. The van der Waals surface area contributed by atoms with Crippen LogP contribution in [-0.4, -0.2) is 11.0 Å². The highest BCUT2D eigenvalue weighted by Crippen LogP contribution is 2.37. The van der Waals surface area contributed by atoms with E-state index in [1.807, 2.05) is 12.1 Å². The van der Waals surface area contributed by atoms with Crippen LogP contribution in [0.25, 0.3) is 11.1 Å². The Bertz CT molecular complexity index is 688. The Labute approximate surface area is 130 Å². The molecule has 0 heterocycles. The van der Waals surface area contributed by atoms with Gasteiger partial charge < -0.3 is 10.8 Å². The van der Waals surface area contributed by atoms with Gasteiger partial charge in [-0.1, -0.05) is 37.5 Å². The lowest BCUT2D eigenvalue weighted by Gasteiger charge is -2.22.